The van der Waals surface area contributed by atoms with Gasteiger partial charge in [0.15, 0.2) is 5.65 Å². The fourth-order valence-electron chi connectivity index (χ4n) is 4.26. The Morgan fingerprint density at radius 1 is 0.763 bits per heavy atom. The maximum Gasteiger partial charge on any atom is 0.162 e. The van der Waals surface area contributed by atoms with E-state index < -0.39 is 0 Å². The quantitative estimate of drug-likeness (QED) is 0.204. The highest BCUT2D eigenvalue weighted by molar-refractivity contribution is 6.36. The van der Waals surface area contributed by atoms with Crippen molar-refractivity contribution in [3.05, 3.63) is 89.8 Å². The third-order valence-corrected chi connectivity index (χ3v) is 6.62. The van der Waals surface area contributed by atoms with Gasteiger partial charge in [0, 0.05) is 33.9 Å². The molecule has 0 amide bonds. The van der Waals surface area contributed by atoms with E-state index in [0.717, 1.165) is 43.7 Å². The zero-order valence-corrected chi connectivity index (χ0v) is 24.2. The second-order valence-electron chi connectivity index (χ2n) is 9.13. The van der Waals surface area contributed by atoms with Crippen molar-refractivity contribution in [2.45, 2.75) is 60.3 Å². The van der Waals surface area contributed by atoms with Gasteiger partial charge in [-0.1, -0.05) is 112 Å². The van der Waals surface area contributed by atoms with Crippen LogP contribution in [0, 0.1) is 6.92 Å². The third-order valence-electron chi connectivity index (χ3n) is 6.29. The van der Waals surface area contributed by atoms with Gasteiger partial charge in [0.2, 0.25) is 0 Å². The summed E-state index contributed by atoms with van der Waals surface area (Å²) in [6, 6.07) is 20.5. The summed E-state index contributed by atoms with van der Waals surface area (Å²) in [5, 5.41) is 10.8. The molecule has 1 N–H and O–H groups in total. The van der Waals surface area contributed by atoms with Gasteiger partial charge in [0.1, 0.15) is 0 Å². The summed E-state index contributed by atoms with van der Waals surface area (Å²) in [5.74, 6) is 0. The number of hydrogen-bond donors (Lipinski definition) is 1. The van der Waals surface area contributed by atoms with E-state index in [1.54, 1.807) is 0 Å². The highest BCUT2D eigenvalue weighted by Crippen LogP contribution is 2.34. The molecular weight excluding hydrogens is 488 g/mol. The van der Waals surface area contributed by atoms with Gasteiger partial charge in [0.05, 0.1) is 6.20 Å². The Labute approximate surface area is 233 Å². The van der Waals surface area contributed by atoms with E-state index in [0.29, 0.717) is 0 Å². The zero-order chi connectivity index (χ0) is 27.3. The van der Waals surface area contributed by atoms with Crippen molar-refractivity contribution >= 4 is 28.0 Å². The molecule has 0 saturated carbocycles. The zero-order valence-electron chi connectivity index (χ0n) is 23.5. The number of nitrogens with zero attached hydrogens (tertiary/aromatic N) is 3. The van der Waals surface area contributed by atoms with Crippen molar-refractivity contribution < 1.29 is 0 Å². The fraction of sp³-hybridized carbons (Fsp3) is 0.333. The van der Waals surface area contributed by atoms with Crippen molar-refractivity contribution in [1.82, 2.24) is 19.9 Å². The Hall–Kier alpha value is -3.21. The molecule has 200 valence electrons. The van der Waals surface area contributed by atoms with Crippen LogP contribution in [-0.4, -0.2) is 27.7 Å². The van der Waals surface area contributed by atoms with Gasteiger partial charge in [-0.15, -0.1) is 0 Å². The van der Waals surface area contributed by atoms with Crippen LogP contribution < -0.4 is 5.32 Å². The van der Waals surface area contributed by atoms with Gasteiger partial charge >= 0.3 is 0 Å². The third kappa shape index (κ3) is 7.43. The van der Waals surface area contributed by atoms with Crippen molar-refractivity contribution in [2.24, 2.45) is 0 Å². The fourth-order valence-corrected chi connectivity index (χ4v) is 4.49. The van der Waals surface area contributed by atoms with Crippen molar-refractivity contribution in [2.75, 3.05) is 13.1 Å². The standard InChI is InChI=1S/C23H16ClN3.C8H19N.C2H6/c1-15-6-8-16(9-7-15)17-12-25-23-21(13-26-27(23)14-17)19-10-11-22(24)20-5-3-2-4-18(19)20;1-3-5-6-8-9-7-4-2;1-2/h2-14H,1H3;9H,3-8H2,1-2H3;1-2H3. The smallest absolute Gasteiger partial charge is 0.162 e. The number of halogens is 1. The molecule has 2 aromatic heterocycles. The minimum absolute atomic E-state index is 0.750. The Balaban J connectivity index is 0.000000312. The summed E-state index contributed by atoms with van der Waals surface area (Å²) in [4.78, 5) is 4.71. The predicted octanol–water partition coefficient (Wildman–Crippen LogP) is 9.38. The van der Waals surface area contributed by atoms with E-state index >= 15 is 0 Å². The van der Waals surface area contributed by atoms with Gasteiger partial charge in [0.25, 0.3) is 0 Å². The Bertz CT molecular complexity index is 1400. The van der Waals surface area contributed by atoms with Crippen LogP contribution in [0.4, 0.5) is 0 Å². The molecule has 5 aromatic rings. The van der Waals surface area contributed by atoms with Crippen LogP contribution in [0.5, 0.6) is 0 Å². The molecule has 0 atom stereocenters. The number of fused-ring (bicyclic) bond motifs is 2. The lowest BCUT2D eigenvalue weighted by atomic mass is 10.00. The van der Waals surface area contributed by atoms with Crippen LogP contribution in [-0.2, 0) is 0 Å². The maximum absolute atomic E-state index is 6.37. The lowest BCUT2D eigenvalue weighted by Gasteiger charge is -2.07. The topological polar surface area (TPSA) is 42.2 Å². The van der Waals surface area contributed by atoms with Gasteiger partial charge in [-0.25, -0.2) is 9.50 Å². The number of rotatable bonds is 8. The molecule has 5 heteroatoms. The van der Waals surface area contributed by atoms with Gasteiger partial charge in [-0.05, 0) is 55.4 Å². The minimum atomic E-state index is 0.750. The number of hydrogen-bond acceptors (Lipinski definition) is 3. The summed E-state index contributed by atoms with van der Waals surface area (Å²) in [7, 11) is 0. The Morgan fingerprint density at radius 2 is 1.50 bits per heavy atom. The first-order valence-corrected chi connectivity index (χ1v) is 14.3. The van der Waals surface area contributed by atoms with Crippen LogP contribution in [0.25, 0.3) is 38.7 Å². The number of aryl methyl sites for hydroxylation is 1. The van der Waals surface area contributed by atoms with Crippen molar-refractivity contribution in [1.29, 1.82) is 0 Å². The molecule has 0 saturated heterocycles. The summed E-state index contributed by atoms with van der Waals surface area (Å²) >= 11 is 6.37. The first-order valence-electron chi connectivity index (χ1n) is 13.9. The largest absolute Gasteiger partial charge is 0.317 e. The van der Waals surface area contributed by atoms with Gasteiger partial charge in [-0.3, -0.25) is 0 Å². The highest BCUT2D eigenvalue weighted by Gasteiger charge is 2.13. The summed E-state index contributed by atoms with van der Waals surface area (Å²) in [6.07, 6.45) is 11.1. The van der Waals surface area contributed by atoms with Crippen molar-refractivity contribution in [3.63, 3.8) is 0 Å². The normalized spacial score (nSPS) is 10.6. The molecule has 3 aromatic carbocycles. The average Bonchev–Trinajstić information content (AvgIpc) is 3.38. The predicted molar refractivity (Wildman–Crippen MR) is 165 cm³/mol. The molecule has 0 spiro atoms. The summed E-state index contributed by atoms with van der Waals surface area (Å²) < 4.78 is 1.84. The molecule has 0 unspecified atom stereocenters. The molecule has 2 heterocycles. The Kier molecular flexibility index (Phi) is 11.8. The van der Waals surface area contributed by atoms with Gasteiger partial charge in [-0.2, -0.15) is 5.10 Å². The average molecular weight is 529 g/mol. The first kappa shape index (κ1) is 29.3. The molecule has 0 aliphatic heterocycles. The lowest BCUT2D eigenvalue weighted by Crippen LogP contribution is -2.15. The SMILES string of the molecule is CC.CCCCCNCCC.Cc1ccc(-c2cnc3c(-c4ccc(Cl)c5ccccc45)cnn3c2)cc1. The Morgan fingerprint density at radius 3 is 2.21 bits per heavy atom. The number of nitrogens with one attached hydrogen (secondary N) is 1. The van der Waals surface area contributed by atoms with E-state index in [1.807, 2.05) is 67.3 Å². The van der Waals surface area contributed by atoms with E-state index in [4.69, 9.17) is 16.6 Å². The molecule has 0 fully saturated rings. The monoisotopic (exact) mass is 528 g/mol. The summed E-state index contributed by atoms with van der Waals surface area (Å²) in [5.41, 5.74) is 6.32. The number of unbranched alkanes of at least 4 members (excludes halogenated alkanes) is 2. The number of aromatic nitrogens is 3. The van der Waals surface area contributed by atoms with E-state index in [1.165, 1.54) is 44.3 Å². The second-order valence-corrected chi connectivity index (χ2v) is 9.54. The van der Waals surface area contributed by atoms with Crippen LogP contribution >= 0.6 is 11.6 Å². The molecule has 0 radical (unpaired) electrons. The summed E-state index contributed by atoms with van der Waals surface area (Å²) in [6.45, 7) is 12.9. The molecule has 0 bridgehead atoms. The van der Waals surface area contributed by atoms with Crippen LogP contribution in [0.3, 0.4) is 0 Å². The maximum atomic E-state index is 6.37. The van der Waals surface area contributed by atoms with Crippen molar-refractivity contribution in [3.8, 4) is 22.3 Å². The van der Waals surface area contributed by atoms with E-state index in [9.17, 15) is 0 Å². The highest BCUT2D eigenvalue weighted by atomic mass is 35.5. The van der Waals surface area contributed by atoms with Crippen LogP contribution in [0.15, 0.2) is 79.3 Å². The van der Waals surface area contributed by atoms with E-state index in [2.05, 4.69) is 61.5 Å². The molecule has 0 aliphatic carbocycles. The second kappa shape index (κ2) is 15.3. The molecular formula is C33H41ClN4. The molecule has 5 rings (SSSR count). The minimum Gasteiger partial charge on any atom is -0.317 e. The number of benzene rings is 3. The van der Waals surface area contributed by atoms with Gasteiger partial charge < -0.3 is 5.32 Å². The van der Waals surface area contributed by atoms with E-state index in [-0.39, 0.29) is 0 Å². The molecule has 38 heavy (non-hydrogen) atoms. The lowest BCUT2D eigenvalue weighted by molar-refractivity contribution is 0.611. The first-order chi connectivity index (χ1) is 18.6. The molecule has 0 aliphatic rings. The van der Waals surface area contributed by atoms with Crippen LogP contribution in [0.1, 0.15) is 58.9 Å². The van der Waals surface area contributed by atoms with Crippen LogP contribution in [0.2, 0.25) is 5.02 Å². The molecule has 4 nitrogen and oxygen atoms in total.